The van der Waals surface area contributed by atoms with Gasteiger partial charge in [0, 0.05) is 25.3 Å². The first-order valence-corrected chi connectivity index (χ1v) is 11.6. The lowest BCUT2D eigenvalue weighted by atomic mass is 10.2. The number of carbonyl (C=O) groups is 1. The Bertz CT molecular complexity index is 1150. The number of anilines is 5. The van der Waals surface area contributed by atoms with Gasteiger partial charge in [0.1, 0.15) is 17.4 Å². The summed E-state index contributed by atoms with van der Waals surface area (Å²) in [6.45, 7) is 8.42. The number of hydrogen-bond acceptors (Lipinski definition) is 8. The van der Waals surface area contributed by atoms with Crippen LogP contribution in [0.2, 0.25) is 5.02 Å². The third-order valence-corrected chi connectivity index (χ3v) is 5.53. The lowest BCUT2D eigenvalue weighted by molar-refractivity contribution is -0.111. The highest BCUT2D eigenvalue weighted by molar-refractivity contribution is 6.33. The van der Waals surface area contributed by atoms with E-state index >= 15 is 0 Å². The largest absolute Gasteiger partial charge is 0.492 e. The van der Waals surface area contributed by atoms with Crippen molar-refractivity contribution in [3.05, 3.63) is 72.4 Å². The van der Waals surface area contributed by atoms with Crippen molar-refractivity contribution in [1.82, 2.24) is 14.9 Å². The van der Waals surface area contributed by atoms with Crippen molar-refractivity contribution in [3.63, 3.8) is 0 Å². The molecule has 35 heavy (non-hydrogen) atoms. The van der Waals surface area contributed by atoms with Crippen molar-refractivity contribution in [2.24, 2.45) is 0 Å². The van der Waals surface area contributed by atoms with E-state index in [0.717, 1.165) is 44.3 Å². The van der Waals surface area contributed by atoms with Crippen molar-refractivity contribution in [3.8, 4) is 5.75 Å². The van der Waals surface area contributed by atoms with E-state index in [0.29, 0.717) is 34.8 Å². The SMILES string of the molecule is C=CC(=O)Nc1ccccc1Nc1nc(Nc2ccc(OCCN3CCOCC3)cc2)ncc1Cl. The first-order chi connectivity index (χ1) is 17.1. The quantitative estimate of drug-likeness (QED) is 0.355. The van der Waals surface area contributed by atoms with E-state index in [-0.39, 0.29) is 5.91 Å². The number of nitrogens with zero attached hydrogens (tertiary/aromatic N) is 3. The van der Waals surface area contributed by atoms with E-state index in [1.54, 1.807) is 6.07 Å². The van der Waals surface area contributed by atoms with Crippen LogP contribution in [0.3, 0.4) is 0 Å². The predicted octanol–water partition coefficient (Wildman–Crippen LogP) is 4.45. The molecule has 0 aliphatic carbocycles. The summed E-state index contributed by atoms with van der Waals surface area (Å²) in [5.74, 6) is 1.24. The molecule has 1 aliphatic heterocycles. The van der Waals surface area contributed by atoms with Gasteiger partial charge in [0.05, 0.1) is 30.8 Å². The molecule has 3 aromatic rings. The number of nitrogens with one attached hydrogen (secondary N) is 3. The van der Waals surface area contributed by atoms with Crippen molar-refractivity contribution < 1.29 is 14.3 Å². The second-order valence-electron chi connectivity index (χ2n) is 7.71. The van der Waals surface area contributed by atoms with E-state index in [1.807, 2.05) is 42.5 Å². The standard InChI is InChI=1S/C25H27ClN6O3/c1-2-23(33)29-21-5-3-4-6-22(21)30-24-20(26)17-27-25(31-24)28-18-7-9-19(10-8-18)35-16-13-32-11-14-34-15-12-32/h2-10,17H,1,11-16H2,(H,29,33)(H2,27,28,30,31). The molecule has 3 N–H and O–H groups in total. The van der Waals surface area contributed by atoms with Gasteiger partial charge >= 0.3 is 0 Å². The Kier molecular flexibility index (Phi) is 8.50. The number of morpholine rings is 1. The lowest BCUT2D eigenvalue weighted by Crippen LogP contribution is -2.38. The molecule has 0 saturated carbocycles. The molecule has 10 heteroatoms. The minimum Gasteiger partial charge on any atom is -0.492 e. The summed E-state index contributed by atoms with van der Waals surface area (Å²) < 4.78 is 11.2. The second kappa shape index (κ2) is 12.2. The van der Waals surface area contributed by atoms with Gasteiger partial charge in [-0.1, -0.05) is 30.3 Å². The molecule has 1 aromatic heterocycles. The number of amides is 1. The van der Waals surface area contributed by atoms with Crippen molar-refractivity contribution >= 4 is 46.3 Å². The summed E-state index contributed by atoms with van der Waals surface area (Å²) in [6.07, 6.45) is 2.71. The second-order valence-corrected chi connectivity index (χ2v) is 8.11. The number of aromatic nitrogens is 2. The maximum absolute atomic E-state index is 11.7. The lowest BCUT2D eigenvalue weighted by Gasteiger charge is -2.26. The molecular formula is C25H27ClN6O3. The van der Waals surface area contributed by atoms with Crippen LogP contribution in [0.4, 0.5) is 28.8 Å². The third-order valence-electron chi connectivity index (χ3n) is 5.26. The number of hydrogen-bond donors (Lipinski definition) is 3. The summed E-state index contributed by atoms with van der Waals surface area (Å²) in [6, 6.07) is 14.8. The summed E-state index contributed by atoms with van der Waals surface area (Å²) in [4.78, 5) is 22.8. The molecule has 1 amide bonds. The number of carbonyl (C=O) groups excluding carboxylic acids is 1. The molecule has 2 aromatic carbocycles. The van der Waals surface area contributed by atoms with Gasteiger partial charge in [-0.2, -0.15) is 4.98 Å². The fraction of sp³-hybridized carbons (Fsp3) is 0.240. The van der Waals surface area contributed by atoms with Crippen molar-refractivity contribution in [1.29, 1.82) is 0 Å². The van der Waals surface area contributed by atoms with Crippen LogP contribution < -0.4 is 20.7 Å². The van der Waals surface area contributed by atoms with Crippen molar-refractivity contribution in [2.45, 2.75) is 0 Å². The topological polar surface area (TPSA) is 101 Å². The highest BCUT2D eigenvalue weighted by atomic mass is 35.5. The Morgan fingerprint density at radius 1 is 1.11 bits per heavy atom. The molecule has 1 fully saturated rings. The van der Waals surface area contributed by atoms with Gasteiger partial charge in [0.2, 0.25) is 11.9 Å². The van der Waals surface area contributed by atoms with Crippen LogP contribution in [0.5, 0.6) is 5.75 Å². The monoisotopic (exact) mass is 494 g/mol. The molecule has 9 nitrogen and oxygen atoms in total. The van der Waals surface area contributed by atoms with Crippen LogP contribution in [0.25, 0.3) is 0 Å². The molecule has 182 valence electrons. The number of rotatable bonds is 10. The smallest absolute Gasteiger partial charge is 0.247 e. The van der Waals surface area contributed by atoms with Crippen molar-refractivity contribution in [2.75, 3.05) is 55.4 Å². The van der Waals surface area contributed by atoms with Gasteiger partial charge in [0.25, 0.3) is 0 Å². The average Bonchev–Trinajstić information content (AvgIpc) is 2.89. The van der Waals surface area contributed by atoms with Gasteiger partial charge in [-0.25, -0.2) is 4.98 Å². The van der Waals surface area contributed by atoms with Gasteiger partial charge in [-0.3, -0.25) is 9.69 Å². The third kappa shape index (κ3) is 7.16. The first-order valence-electron chi connectivity index (χ1n) is 11.2. The fourth-order valence-corrected chi connectivity index (χ4v) is 3.55. The Balaban J connectivity index is 1.36. The van der Waals surface area contributed by atoms with E-state index in [1.165, 1.54) is 12.3 Å². The predicted molar refractivity (Wildman–Crippen MR) is 138 cm³/mol. The van der Waals surface area contributed by atoms with Crippen LogP contribution >= 0.6 is 11.6 Å². The van der Waals surface area contributed by atoms with Gasteiger partial charge in [-0.05, 0) is 42.5 Å². The van der Waals surface area contributed by atoms with Crippen LogP contribution in [0, 0.1) is 0 Å². The summed E-state index contributed by atoms with van der Waals surface area (Å²) in [5.41, 5.74) is 2.01. The van der Waals surface area contributed by atoms with Crippen LogP contribution in [0.1, 0.15) is 0 Å². The first kappa shape index (κ1) is 24.5. The highest BCUT2D eigenvalue weighted by Crippen LogP contribution is 2.29. The van der Waals surface area contributed by atoms with Gasteiger partial charge < -0.3 is 25.4 Å². The molecule has 0 bridgehead atoms. The van der Waals surface area contributed by atoms with E-state index in [9.17, 15) is 4.79 Å². The molecule has 0 atom stereocenters. The Hall–Kier alpha value is -3.66. The molecule has 0 spiro atoms. The fourth-order valence-electron chi connectivity index (χ4n) is 3.41. The van der Waals surface area contributed by atoms with Crippen LogP contribution in [-0.2, 0) is 9.53 Å². The molecule has 1 saturated heterocycles. The summed E-state index contributed by atoms with van der Waals surface area (Å²) >= 11 is 6.31. The normalized spacial score (nSPS) is 13.6. The zero-order chi connectivity index (χ0) is 24.5. The van der Waals surface area contributed by atoms with E-state index in [2.05, 4.69) is 37.4 Å². The van der Waals surface area contributed by atoms with Crippen LogP contribution in [0.15, 0.2) is 67.4 Å². The number of benzene rings is 2. The van der Waals surface area contributed by atoms with Crippen LogP contribution in [-0.4, -0.2) is 60.2 Å². The maximum atomic E-state index is 11.7. The molecular weight excluding hydrogens is 468 g/mol. The Morgan fingerprint density at radius 3 is 2.60 bits per heavy atom. The maximum Gasteiger partial charge on any atom is 0.247 e. The summed E-state index contributed by atoms with van der Waals surface area (Å²) in [7, 11) is 0. The minimum atomic E-state index is -0.316. The Morgan fingerprint density at radius 2 is 1.86 bits per heavy atom. The molecule has 4 rings (SSSR count). The molecule has 0 radical (unpaired) electrons. The molecule has 0 unspecified atom stereocenters. The zero-order valence-electron chi connectivity index (χ0n) is 19.2. The molecule has 1 aliphatic rings. The highest BCUT2D eigenvalue weighted by Gasteiger charge is 2.11. The summed E-state index contributed by atoms with van der Waals surface area (Å²) in [5, 5.41) is 9.41. The van der Waals surface area contributed by atoms with Gasteiger partial charge in [-0.15, -0.1) is 0 Å². The molecule has 2 heterocycles. The number of ether oxygens (including phenoxy) is 2. The van der Waals surface area contributed by atoms with E-state index in [4.69, 9.17) is 21.1 Å². The average molecular weight is 495 g/mol. The number of para-hydroxylation sites is 2. The number of halogens is 1. The van der Waals surface area contributed by atoms with Gasteiger partial charge in [0.15, 0.2) is 5.82 Å². The van der Waals surface area contributed by atoms with E-state index < -0.39 is 0 Å². The minimum absolute atomic E-state index is 0.316. The zero-order valence-corrected chi connectivity index (χ0v) is 19.9. The Labute approximate surface area is 209 Å².